The number of thioether (sulfide) groups is 1. The molecule has 5 heteroatoms. The molecule has 2 heterocycles. The van der Waals surface area contributed by atoms with Crippen molar-refractivity contribution >= 4 is 28.3 Å². The first-order valence-corrected chi connectivity index (χ1v) is 7.29. The molecule has 0 fully saturated rings. The summed E-state index contributed by atoms with van der Waals surface area (Å²) in [4.78, 5) is 0. The minimum absolute atomic E-state index is 0.911. The van der Waals surface area contributed by atoms with E-state index in [9.17, 15) is 0 Å². The Morgan fingerprint density at radius 1 is 1.22 bits per heavy atom. The molecule has 18 heavy (non-hydrogen) atoms. The standard InChI is InChI=1S/C13H17N3S2/c1-14-9-10-15(12-14)6-5-11-18-13(17)16-7-3-2-4-8-16/h2-4,7-10,12H,5-6,11H2,1H3/q+2. The van der Waals surface area contributed by atoms with Gasteiger partial charge in [-0.3, -0.25) is 0 Å². The van der Waals surface area contributed by atoms with Crippen LogP contribution in [-0.4, -0.2) is 14.6 Å². The van der Waals surface area contributed by atoms with Crippen LogP contribution in [-0.2, 0) is 13.6 Å². The summed E-state index contributed by atoms with van der Waals surface area (Å²) in [5.41, 5.74) is 0. The SMILES string of the molecule is C[n+]1ccn(CCCSC(=S)[n+]2ccccc2)c1. The number of hydrogen-bond donors (Lipinski definition) is 0. The molecular formula is C13H17N3S2+2. The molecule has 0 radical (unpaired) electrons. The maximum Gasteiger partial charge on any atom is 0.312 e. The summed E-state index contributed by atoms with van der Waals surface area (Å²) in [5, 5.41) is 0. The summed E-state index contributed by atoms with van der Waals surface area (Å²) < 4.78 is 7.14. The molecule has 94 valence electrons. The number of rotatable bonds is 4. The highest BCUT2D eigenvalue weighted by Gasteiger charge is 2.09. The van der Waals surface area contributed by atoms with Crippen LogP contribution in [0.4, 0.5) is 0 Å². The predicted octanol–water partition coefficient (Wildman–Crippen LogP) is 1.56. The van der Waals surface area contributed by atoms with Crippen LogP contribution in [0.15, 0.2) is 49.3 Å². The Bertz CT molecular complexity index is 508. The van der Waals surface area contributed by atoms with Crippen LogP contribution in [0, 0.1) is 0 Å². The molecule has 0 N–H and O–H groups in total. The maximum atomic E-state index is 5.37. The largest absolute Gasteiger partial charge is 0.312 e. The highest BCUT2D eigenvalue weighted by molar-refractivity contribution is 8.22. The second kappa shape index (κ2) is 6.66. The second-order valence-corrected chi connectivity index (χ2v) is 5.80. The molecule has 0 aliphatic carbocycles. The smallest absolute Gasteiger partial charge is 0.240 e. The average Bonchev–Trinajstić information content (AvgIpc) is 2.81. The number of hydrogen-bond acceptors (Lipinski definition) is 2. The van der Waals surface area contributed by atoms with Gasteiger partial charge in [-0.1, -0.05) is 6.07 Å². The molecule has 0 atom stereocenters. The van der Waals surface area contributed by atoms with Crippen LogP contribution in [0.1, 0.15) is 6.42 Å². The molecule has 0 aliphatic rings. The normalized spacial score (nSPS) is 10.5. The Hall–Kier alpha value is -1.20. The first-order chi connectivity index (χ1) is 8.75. The zero-order valence-electron chi connectivity index (χ0n) is 10.4. The van der Waals surface area contributed by atoms with E-state index in [1.165, 1.54) is 0 Å². The highest BCUT2D eigenvalue weighted by Crippen LogP contribution is 2.05. The van der Waals surface area contributed by atoms with Crippen molar-refractivity contribution in [3.63, 3.8) is 0 Å². The van der Waals surface area contributed by atoms with Gasteiger partial charge in [0.2, 0.25) is 6.33 Å². The maximum absolute atomic E-state index is 5.37. The number of thiocarbonyl (C=S) groups is 1. The van der Waals surface area contributed by atoms with E-state index in [0.29, 0.717) is 0 Å². The van der Waals surface area contributed by atoms with Gasteiger partial charge in [-0.2, -0.15) is 4.57 Å². The Morgan fingerprint density at radius 2 is 2.00 bits per heavy atom. The number of aromatic nitrogens is 3. The highest BCUT2D eigenvalue weighted by atomic mass is 32.2. The minimum Gasteiger partial charge on any atom is -0.240 e. The fourth-order valence-electron chi connectivity index (χ4n) is 1.64. The van der Waals surface area contributed by atoms with Crippen molar-refractivity contribution in [1.29, 1.82) is 0 Å². The van der Waals surface area contributed by atoms with Crippen molar-refractivity contribution in [2.24, 2.45) is 7.05 Å². The molecule has 0 spiro atoms. The Balaban J connectivity index is 1.71. The van der Waals surface area contributed by atoms with Crippen LogP contribution in [0.2, 0.25) is 0 Å². The minimum atomic E-state index is 0.911. The summed E-state index contributed by atoms with van der Waals surface area (Å²) >= 11 is 7.10. The quantitative estimate of drug-likeness (QED) is 0.478. The van der Waals surface area contributed by atoms with E-state index < -0.39 is 0 Å². The monoisotopic (exact) mass is 279 g/mol. The Labute approximate surface area is 117 Å². The summed E-state index contributed by atoms with van der Waals surface area (Å²) in [5.74, 6) is 1.04. The van der Waals surface area contributed by atoms with Crippen molar-refractivity contribution < 1.29 is 9.13 Å². The van der Waals surface area contributed by atoms with Crippen molar-refractivity contribution in [2.45, 2.75) is 13.0 Å². The van der Waals surface area contributed by atoms with E-state index in [2.05, 4.69) is 27.9 Å². The molecule has 3 nitrogen and oxygen atoms in total. The molecule has 0 saturated carbocycles. The molecule has 0 saturated heterocycles. The van der Waals surface area contributed by atoms with Gasteiger partial charge in [0, 0.05) is 30.1 Å². The molecule has 2 aromatic rings. The van der Waals surface area contributed by atoms with Crippen molar-refractivity contribution in [2.75, 3.05) is 5.75 Å². The third-order valence-electron chi connectivity index (χ3n) is 2.54. The molecule has 2 rings (SSSR count). The van der Waals surface area contributed by atoms with Gasteiger partial charge in [-0.15, -0.1) is 0 Å². The van der Waals surface area contributed by atoms with Crippen LogP contribution in [0.5, 0.6) is 0 Å². The first kappa shape index (κ1) is 13.2. The van der Waals surface area contributed by atoms with Crippen molar-refractivity contribution in [3.05, 3.63) is 49.3 Å². The zero-order valence-corrected chi connectivity index (χ0v) is 12.0. The summed E-state index contributed by atoms with van der Waals surface area (Å²) in [7, 11) is 2.03. The summed E-state index contributed by atoms with van der Waals surface area (Å²) in [6.07, 6.45) is 11.3. The molecule has 0 bridgehead atoms. The van der Waals surface area contributed by atoms with E-state index >= 15 is 0 Å². The van der Waals surface area contributed by atoms with E-state index in [4.69, 9.17) is 12.2 Å². The van der Waals surface area contributed by atoms with Crippen LogP contribution < -0.4 is 9.13 Å². The van der Waals surface area contributed by atoms with Gasteiger partial charge in [-0.25, -0.2) is 9.13 Å². The van der Waals surface area contributed by atoms with Gasteiger partial charge < -0.3 is 0 Å². The van der Waals surface area contributed by atoms with E-state index in [1.54, 1.807) is 11.8 Å². The molecule has 0 aliphatic heterocycles. The molecule has 0 amide bonds. The van der Waals surface area contributed by atoms with Gasteiger partial charge in [0.1, 0.15) is 12.4 Å². The molecular weight excluding hydrogens is 262 g/mol. The van der Waals surface area contributed by atoms with Gasteiger partial charge in [-0.05, 0) is 18.2 Å². The van der Waals surface area contributed by atoms with Gasteiger partial charge in [0.25, 0.3) is 0 Å². The van der Waals surface area contributed by atoms with Gasteiger partial charge in [0.15, 0.2) is 12.4 Å². The number of nitrogens with zero attached hydrogens (tertiary/aromatic N) is 3. The Kier molecular flexibility index (Phi) is 4.90. The van der Waals surface area contributed by atoms with Crippen molar-refractivity contribution in [3.8, 4) is 0 Å². The summed E-state index contributed by atoms with van der Waals surface area (Å²) in [6, 6.07) is 5.98. The fraction of sp³-hybridized carbons (Fsp3) is 0.308. The lowest BCUT2D eigenvalue weighted by Crippen LogP contribution is -2.38. The van der Waals surface area contributed by atoms with Gasteiger partial charge >= 0.3 is 4.32 Å². The number of pyridine rings is 1. The van der Waals surface area contributed by atoms with Gasteiger partial charge in [0.05, 0.1) is 13.6 Å². The summed E-state index contributed by atoms with van der Waals surface area (Å²) in [6.45, 7) is 1.04. The van der Waals surface area contributed by atoms with Crippen LogP contribution in [0.3, 0.4) is 0 Å². The fourth-order valence-corrected chi connectivity index (χ4v) is 2.73. The van der Waals surface area contributed by atoms with Crippen LogP contribution >= 0.6 is 24.0 Å². The predicted molar refractivity (Wildman–Crippen MR) is 77.3 cm³/mol. The molecule has 2 aromatic heterocycles. The zero-order chi connectivity index (χ0) is 12.8. The van der Waals surface area contributed by atoms with Crippen molar-refractivity contribution in [1.82, 2.24) is 4.57 Å². The van der Waals surface area contributed by atoms with Crippen LogP contribution in [0.25, 0.3) is 0 Å². The van der Waals surface area contributed by atoms with E-state index in [-0.39, 0.29) is 0 Å². The second-order valence-electron chi connectivity index (χ2n) is 4.07. The Morgan fingerprint density at radius 3 is 2.67 bits per heavy atom. The lowest BCUT2D eigenvalue weighted by atomic mass is 10.5. The first-order valence-electron chi connectivity index (χ1n) is 5.90. The molecule has 0 unspecified atom stereocenters. The number of aryl methyl sites for hydroxylation is 2. The third kappa shape index (κ3) is 3.92. The topological polar surface area (TPSA) is 12.7 Å². The lowest BCUT2D eigenvalue weighted by Gasteiger charge is -1.97. The molecule has 0 aromatic carbocycles. The third-order valence-corrected chi connectivity index (χ3v) is 4.05. The average molecular weight is 279 g/mol. The number of imidazole rings is 1. The van der Waals surface area contributed by atoms with E-state index in [0.717, 1.165) is 23.0 Å². The lowest BCUT2D eigenvalue weighted by molar-refractivity contribution is -0.671. The van der Waals surface area contributed by atoms with E-state index in [1.807, 2.05) is 42.2 Å².